The molecule has 11 aromatic rings. The third-order valence-electron chi connectivity index (χ3n) is 10.00. The number of nitrogens with zero attached hydrogens (tertiary/aromatic N) is 5. The van der Waals surface area contributed by atoms with Gasteiger partial charge in [-0.1, -0.05) is 0 Å². The van der Waals surface area contributed by atoms with Crippen LogP contribution >= 0.6 is 0 Å². The van der Waals surface area contributed by atoms with Gasteiger partial charge in [0.2, 0.25) is 0 Å². The SMILES string of the molecule is c1ccc(-n2c3ccccc3c3ccc(-c4ccc5[se]c6ncc(-c7ccc8c9ccccc9n(-c9ccccc9)c8c7)nc6c5n4)cc32)cc1. The summed E-state index contributed by atoms with van der Waals surface area (Å²) in [6.07, 6.45) is 1.93. The van der Waals surface area contributed by atoms with E-state index in [0.29, 0.717) is 0 Å². The van der Waals surface area contributed by atoms with Gasteiger partial charge in [-0.25, -0.2) is 0 Å². The second-order valence-electron chi connectivity index (χ2n) is 12.9. The molecule has 0 aliphatic rings. The molecule has 0 saturated carbocycles. The molecule has 6 heteroatoms. The van der Waals surface area contributed by atoms with Crippen molar-refractivity contribution in [3.63, 3.8) is 0 Å². The van der Waals surface area contributed by atoms with E-state index in [0.717, 1.165) is 60.3 Å². The number of hydrogen-bond acceptors (Lipinski definition) is 3. The van der Waals surface area contributed by atoms with Crippen LogP contribution in [0.4, 0.5) is 0 Å². The molecule has 0 N–H and O–H groups in total. The van der Waals surface area contributed by atoms with E-state index in [-0.39, 0.29) is 14.5 Å². The molecule has 238 valence electrons. The van der Waals surface area contributed by atoms with E-state index in [9.17, 15) is 0 Å². The van der Waals surface area contributed by atoms with Gasteiger partial charge < -0.3 is 0 Å². The van der Waals surface area contributed by atoms with Gasteiger partial charge in [-0.05, 0) is 0 Å². The predicted octanol–water partition coefficient (Wildman–Crippen LogP) is 10.8. The summed E-state index contributed by atoms with van der Waals surface area (Å²) in [6.45, 7) is 0. The van der Waals surface area contributed by atoms with Crippen LogP contribution in [-0.2, 0) is 0 Å². The number of hydrogen-bond donors (Lipinski definition) is 0. The monoisotopic (exact) mass is 717 g/mol. The van der Waals surface area contributed by atoms with Crippen LogP contribution < -0.4 is 0 Å². The fourth-order valence-corrected chi connectivity index (χ4v) is 9.63. The molecule has 0 amide bonds. The normalized spacial score (nSPS) is 11.9. The summed E-state index contributed by atoms with van der Waals surface area (Å²) in [4.78, 5) is 15.5. The fraction of sp³-hybridized carbons (Fsp3) is 0. The van der Waals surface area contributed by atoms with Crippen molar-refractivity contribution in [2.45, 2.75) is 0 Å². The Labute approximate surface area is 298 Å². The third-order valence-corrected chi connectivity index (χ3v) is 12.2. The van der Waals surface area contributed by atoms with Crippen molar-refractivity contribution in [1.29, 1.82) is 0 Å². The third kappa shape index (κ3) is 4.37. The van der Waals surface area contributed by atoms with Crippen molar-refractivity contribution in [3.8, 4) is 33.9 Å². The van der Waals surface area contributed by atoms with Crippen molar-refractivity contribution in [1.82, 2.24) is 24.1 Å². The second kappa shape index (κ2) is 11.1. The van der Waals surface area contributed by atoms with Gasteiger partial charge in [-0.15, -0.1) is 0 Å². The summed E-state index contributed by atoms with van der Waals surface area (Å²) in [6, 6.07) is 56.1. The van der Waals surface area contributed by atoms with Gasteiger partial charge in [0.15, 0.2) is 0 Å². The zero-order valence-electron chi connectivity index (χ0n) is 27.2. The minimum atomic E-state index is 0.0507. The average molecular weight is 717 g/mol. The van der Waals surface area contributed by atoms with Crippen molar-refractivity contribution in [2.75, 3.05) is 0 Å². The first-order chi connectivity index (χ1) is 25.3. The average Bonchev–Trinajstić information content (AvgIpc) is 3.85. The van der Waals surface area contributed by atoms with Crippen molar-refractivity contribution >= 4 is 77.8 Å². The molecule has 0 radical (unpaired) electrons. The Hall–Kier alpha value is -6.33. The molecule has 0 unspecified atom stereocenters. The molecule has 5 aromatic heterocycles. The van der Waals surface area contributed by atoms with Crippen LogP contribution in [0.25, 0.3) is 97.2 Å². The van der Waals surface area contributed by atoms with Crippen molar-refractivity contribution in [2.24, 2.45) is 0 Å². The van der Waals surface area contributed by atoms with Crippen LogP contribution in [0.1, 0.15) is 0 Å². The summed E-state index contributed by atoms with van der Waals surface area (Å²) in [5, 5.41) is 4.92. The first-order valence-corrected chi connectivity index (χ1v) is 18.7. The van der Waals surface area contributed by atoms with Gasteiger partial charge in [0.05, 0.1) is 0 Å². The molecule has 6 aromatic carbocycles. The molecule has 5 nitrogen and oxygen atoms in total. The maximum atomic E-state index is 5.30. The van der Waals surface area contributed by atoms with E-state index in [1.165, 1.54) is 36.8 Å². The number of fused-ring (bicyclic) bond motifs is 9. The van der Waals surface area contributed by atoms with E-state index < -0.39 is 0 Å². The van der Waals surface area contributed by atoms with E-state index in [1.54, 1.807) is 0 Å². The van der Waals surface area contributed by atoms with Gasteiger partial charge in [0.25, 0.3) is 0 Å². The number of rotatable bonds is 4. The molecule has 0 bridgehead atoms. The van der Waals surface area contributed by atoms with E-state index >= 15 is 0 Å². The number of pyridine rings is 1. The van der Waals surface area contributed by atoms with Crippen LogP contribution in [0.2, 0.25) is 0 Å². The number of para-hydroxylation sites is 4. The summed E-state index contributed by atoms with van der Waals surface area (Å²) < 4.78 is 6.95. The molecular formula is C45H27N5Se. The first-order valence-electron chi connectivity index (χ1n) is 17.0. The van der Waals surface area contributed by atoms with Crippen molar-refractivity contribution < 1.29 is 0 Å². The Bertz CT molecular complexity index is 2920. The van der Waals surface area contributed by atoms with Crippen LogP contribution in [0, 0.1) is 0 Å². The zero-order chi connectivity index (χ0) is 33.5. The van der Waals surface area contributed by atoms with E-state index in [4.69, 9.17) is 15.0 Å². The Morgan fingerprint density at radius 3 is 1.53 bits per heavy atom. The Kier molecular flexibility index (Phi) is 6.20. The Morgan fingerprint density at radius 1 is 0.412 bits per heavy atom. The summed E-state index contributed by atoms with van der Waals surface area (Å²) in [5.74, 6) is 0. The van der Waals surface area contributed by atoms with Crippen molar-refractivity contribution in [3.05, 3.63) is 164 Å². The van der Waals surface area contributed by atoms with Gasteiger partial charge in [-0.2, -0.15) is 0 Å². The van der Waals surface area contributed by atoms with Gasteiger partial charge in [0, 0.05) is 0 Å². The molecule has 51 heavy (non-hydrogen) atoms. The summed E-state index contributed by atoms with van der Waals surface area (Å²) in [5.41, 5.74) is 12.7. The minimum absolute atomic E-state index is 0.0507. The topological polar surface area (TPSA) is 48.5 Å². The van der Waals surface area contributed by atoms with Gasteiger partial charge >= 0.3 is 300 Å². The van der Waals surface area contributed by atoms with E-state index in [1.807, 2.05) is 6.20 Å². The predicted molar refractivity (Wildman–Crippen MR) is 211 cm³/mol. The Morgan fingerprint density at radius 2 is 0.922 bits per heavy atom. The second-order valence-corrected chi connectivity index (χ2v) is 15.1. The fourth-order valence-electron chi connectivity index (χ4n) is 7.68. The molecule has 0 saturated heterocycles. The summed E-state index contributed by atoms with van der Waals surface area (Å²) >= 11 is 0.0507. The Balaban J connectivity index is 1.07. The molecule has 5 heterocycles. The molecule has 0 fully saturated rings. The standard InChI is InChI=1S/C45H27N5Se/c1-3-11-30(12-4-1)49-38-17-9-7-15-32(38)34-21-19-28(25-40(34)49)36-23-24-42-43(47-36)44-45(51-42)46-27-37(48-44)29-20-22-35-33-16-8-10-18-39(33)50(41(35)26-29)31-13-5-2-6-14-31/h1-27H. The van der Waals surface area contributed by atoms with Crippen LogP contribution in [-0.4, -0.2) is 38.6 Å². The maximum absolute atomic E-state index is 5.30. The molecular weight excluding hydrogens is 689 g/mol. The zero-order valence-corrected chi connectivity index (χ0v) is 28.9. The quantitative estimate of drug-likeness (QED) is 0.170. The van der Waals surface area contributed by atoms with Crippen LogP contribution in [0.15, 0.2) is 164 Å². The summed E-state index contributed by atoms with van der Waals surface area (Å²) in [7, 11) is 0. The van der Waals surface area contributed by atoms with Crippen LogP contribution in [0.5, 0.6) is 0 Å². The number of aromatic nitrogens is 5. The molecule has 0 aliphatic carbocycles. The molecule has 0 spiro atoms. The molecule has 11 rings (SSSR count). The van der Waals surface area contributed by atoms with Crippen LogP contribution in [0.3, 0.4) is 0 Å². The molecule has 0 atom stereocenters. The van der Waals surface area contributed by atoms with E-state index in [2.05, 4.69) is 167 Å². The first kappa shape index (κ1) is 28.5. The van der Waals surface area contributed by atoms with Gasteiger partial charge in [-0.3, -0.25) is 0 Å². The molecule has 0 aliphatic heterocycles. The number of benzene rings is 6. The van der Waals surface area contributed by atoms with Gasteiger partial charge in [0.1, 0.15) is 0 Å².